The molecule has 6 nitrogen and oxygen atoms in total. The summed E-state index contributed by atoms with van der Waals surface area (Å²) in [6.07, 6.45) is 0. The molecule has 0 bridgehead atoms. The van der Waals surface area contributed by atoms with Gasteiger partial charge in [-0.2, -0.15) is 4.98 Å². The fourth-order valence-corrected chi connectivity index (χ4v) is 3.48. The van der Waals surface area contributed by atoms with Gasteiger partial charge < -0.3 is 10.6 Å². The lowest BCUT2D eigenvalue weighted by Gasteiger charge is -2.30. The second kappa shape index (κ2) is 8.33. The topological polar surface area (TPSA) is 77.0 Å². The van der Waals surface area contributed by atoms with Crippen LogP contribution in [0.2, 0.25) is 0 Å². The SMILES string of the molecule is CC(C)N(C(=O)Cn1nc(SCc2ccccc2F)nc1N)C(C)C. The van der Waals surface area contributed by atoms with Crippen LogP contribution in [0, 0.1) is 5.82 Å². The van der Waals surface area contributed by atoms with Gasteiger partial charge in [0.05, 0.1) is 0 Å². The van der Waals surface area contributed by atoms with Gasteiger partial charge in [-0.1, -0.05) is 30.0 Å². The summed E-state index contributed by atoms with van der Waals surface area (Å²) in [7, 11) is 0. The predicted octanol–water partition coefficient (Wildman–Crippen LogP) is 2.94. The van der Waals surface area contributed by atoms with Crippen LogP contribution in [-0.2, 0) is 17.1 Å². The summed E-state index contributed by atoms with van der Waals surface area (Å²) in [5.74, 6) is 0.250. The molecule has 0 aliphatic rings. The summed E-state index contributed by atoms with van der Waals surface area (Å²) in [6.45, 7) is 7.92. The van der Waals surface area contributed by atoms with E-state index in [-0.39, 0.29) is 36.3 Å². The number of hydrogen-bond donors (Lipinski definition) is 1. The van der Waals surface area contributed by atoms with Crippen molar-refractivity contribution in [2.75, 3.05) is 5.73 Å². The Balaban J connectivity index is 2.04. The molecule has 0 saturated carbocycles. The summed E-state index contributed by atoms with van der Waals surface area (Å²) in [5, 5.41) is 4.69. The number of nitrogens with two attached hydrogens (primary N) is 1. The van der Waals surface area contributed by atoms with E-state index >= 15 is 0 Å². The number of anilines is 1. The highest BCUT2D eigenvalue weighted by molar-refractivity contribution is 7.98. The monoisotopic (exact) mass is 365 g/mol. The zero-order chi connectivity index (χ0) is 18.6. The maximum atomic E-state index is 13.7. The van der Waals surface area contributed by atoms with Gasteiger partial charge in [0.2, 0.25) is 17.0 Å². The maximum absolute atomic E-state index is 13.7. The van der Waals surface area contributed by atoms with Gasteiger partial charge in [0.1, 0.15) is 12.4 Å². The van der Waals surface area contributed by atoms with Crippen molar-refractivity contribution in [3.63, 3.8) is 0 Å². The van der Waals surface area contributed by atoms with Crippen LogP contribution in [0.4, 0.5) is 10.3 Å². The number of thioether (sulfide) groups is 1. The van der Waals surface area contributed by atoms with Crippen molar-refractivity contribution in [3.8, 4) is 0 Å². The van der Waals surface area contributed by atoms with Crippen LogP contribution in [0.15, 0.2) is 29.4 Å². The first-order chi connectivity index (χ1) is 11.8. The normalized spacial score (nSPS) is 11.3. The second-order valence-corrected chi connectivity index (χ2v) is 7.22. The van der Waals surface area contributed by atoms with E-state index in [9.17, 15) is 9.18 Å². The van der Waals surface area contributed by atoms with Gasteiger partial charge in [0, 0.05) is 17.8 Å². The summed E-state index contributed by atoms with van der Waals surface area (Å²) < 4.78 is 15.0. The van der Waals surface area contributed by atoms with Crippen LogP contribution < -0.4 is 5.73 Å². The number of hydrogen-bond acceptors (Lipinski definition) is 5. The average Bonchev–Trinajstić information content (AvgIpc) is 2.85. The molecule has 0 atom stereocenters. The number of rotatable bonds is 7. The molecule has 2 N–H and O–H groups in total. The van der Waals surface area contributed by atoms with E-state index in [1.165, 1.54) is 22.5 Å². The molecule has 1 amide bonds. The van der Waals surface area contributed by atoms with Crippen molar-refractivity contribution in [1.29, 1.82) is 0 Å². The number of benzene rings is 1. The molecule has 25 heavy (non-hydrogen) atoms. The maximum Gasteiger partial charge on any atom is 0.244 e. The van der Waals surface area contributed by atoms with Crippen molar-refractivity contribution < 1.29 is 9.18 Å². The molecule has 0 aliphatic heterocycles. The van der Waals surface area contributed by atoms with Gasteiger partial charge in [-0.05, 0) is 39.3 Å². The molecule has 0 fully saturated rings. The van der Waals surface area contributed by atoms with Gasteiger partial charge in [-0.25, -0.2) is 9.07 Å². The molecular weight excluding hydrogens is 341 g/mol. The van der Waals surface area contributed by atoms with Gasteiger partial charge in [-0.15, -0.1) is 5.10 Å². The molecule has 1 heterocycles. The molecule has 1 aromatic heterocycles. The zero-order valence-corrected chi connectivity index (χ0v) is 15.8. The van der Waals surface area contributed by atoms with Crippen LogP contribution >= 0.6 is 11.8 Å². The Kier molecular flexibility index (Phi) is 6.41. The zero-order valence-electron chi connectivity index (χ0n) is 14.9. The van der Waals surface area contributed by atoms with E-state index in [1.54, 1.807) is 23.1 Å². The minimum absolute atomic E-state index is 0.0372. The van der Waals surface area contributed by atoms with Crippen molar-refractivity contribution >= 4 is 23.6 Å². The van der Waals surface area contributed by atoms with Gasteiger partial charge in [0.25, 0.3) is 0 Å². The van der Waals surface area contributed by atoms with Crippen LogP contribution in [0.5, 0.6) is 0 Å². The minimum atomic E-state index is -0.262. The standard InChI is InChI=1S/C17H24FN5OS/c1-11(2)23(12(3)4)15(24)9-22-16(19)20-17(21-22)25-10-13-7-5-6-8-14(13)18/h5-8,11-12H,9-10H2,1-4H3,(H2,19,20,21). The van der Waals surface area contributed by atoms with Crippen molar-refractivity contribution in [1.82, 2.24) is 19.7 Å². The first-order valence-electron chi connectivity index (χ1n) is 8.17. The van der Waals surface area contributed by atoms with Crippen LogP contribution in [0.25, 0.3) is 0 Å². The van der Waals surface area contributed by atoms with Gasteiger partial charge in [0.15, 0.2) is 0 Å². The third kappa shape index (κ3) is 4.94. The third-order valence-corrected chi connectivity index (χ3v) is 4.57. The Labute approximate surface area is 151 Å². The fraction of sp³-hybridized carbons (Fsp3) is 0.471. The Bertz CT molecular complexity index is 724. The number of nitrogens with zero attached hydrogens (tertiary/aromatic N) is 4. The molecular formula is C17H24FN5OS. The lowest BCUT2D eigenvalue weighted by molar-refractivity contribution is -0.135. The quantitative estimate of drug-likeness (QED) is 0.764. The highest BCUT2D eigenvalue weighted by Crippen LogP contribution is 2.22. The molecule has 0 radical (unpaired) electrons. The van der Waals surface area contributed by atoms with E-state index in [4.69, 9.17) is 5.73 Å². The smallest absolute Gasteiger partial charge is 0.244 e. The molecule has 0 aliphatic carbocycles. The Morgan fingerprint density at radius 3 is 2.52 bits per heavy atom. The number of aromatic nitrogens is 3. The summed E-state index contributed by atoms with van der Waals surface area (Å²) in [5.41, 5.74) is 6.45. The Morgan fingerprint density at radius 2 is 1.92 bits per heavy atom. The lowest BCUT2D eigenvalue weighted by Crippen LogP contribution is -2.43. The predicted molar refractivity (Wildman–Crippen MR) is 97.5 cm³/mol. The summed E-state index contributed by atoms with van der Waals surface area (Å²) in [4.78, 5) is 18.4. The highest BCUT2D eigenvalue weighted by atomic mass is 32.2. The minimum Gasteiger partial charge on any atom is -0.368 e. The van der Waals surface area contributed by atoms with Crippen molar-refractivity contribution in [3.05, 3.63) is 35.6 Å². The third-order valence-electron chi connectivity index (χ3n) is 3.68. The Morgan fingerprint density at radius 1 is 1.28 bits per heavy atom. The molecule has 1 aromatic carbocycles. The first-order valence-corrected chi connectivity index (χ1v) is 9.15. The molecule has 2 aromatic rings. The first kappa shape index (κ1) is 19.2. The van der Waals surface area contributed by atoms with E-state index in [1.807, 2.05) is 27.7 Å². The number of halogens is 1. The molecule has 136 valence electrons. The number of carbonyl (C=O) groups excluding carboxylic acids is 1. The van der Waals surface area contributed by atoms with E-state index in [0.29, 0.717) is 16.5 Å². The van der Waals surface area contributed by atoms with Crippen molar-refractivity contribution in [2.45, 2.75) is 57.2 Å². The van der Waals surface area contributed by atoms with Crippen molar-refractivity contribution in [2.24, 2.45) is 0 Å². The molecule has 0 unspecified atom stereocenters. The number of carbonyl (C=O) groups is 1. The molecule has 0 saturated heterocycles. The second-order valence-electron chi connectivity index (χ2n) is 6.28. The van der Waals surface area contributed by atoms with Crippen LogP contribution in [0.3, 0.4) is 0 Å². The van der Waals surface area contributed by atoms with E-state index in [2.05, 4.69) is 10.1 Å². The fourth-order valence-electron chi connectivity index (χ4n) is 2.65. The largest absolute Gasteiger partial charge is 0.368 e. The van der Waals surface area contributed by atoms with Crippen LogP contribution in [-0.4, -0.2) is 37.7 Å². The average molecular weight is 365 g/mol. The Hall–Kier alpha value is -2.09. The van der Waals surface area contributed by atoms with E-state index in [0.717, 1.165) is 0 Å². The molecule has 8 heteroatoms. The number of nitrogen functional groups attached to an aromatic ring is 1. The molecule has 2 rings (SSSR count). The number of amides is 1. The van der Waals surface area contributed by atoms with E-state index < -0.39 is 0 Å². The summed E-state index contributed by atoms with van der Waals surface area (Å²) >= 11 is 1.28. The lowest BCUT2D eigenvalue weighted by atomic mass is 10.2. The summed E-state index contributed by atoms with van der Waals surface area (Å²) in [6, 6.07) is 6.75. The van der Waals surface area contributed by atoms with Crippen LogP contribution in [0.1, 0.15) is 33.3 Å². The molecule has 0 spiro atoms. The highest BCUT2D eigenvalue weighted by Gasteiger charge is 2.22. The van der Waals surface area contributed by atoms with Gasteiger partial charge in [-0.3, -0.25) is 4.79 Å². The van der Waals surface area contributed by atoms with Gasteiger partial charge >= 0.3 is 0 Å².